The number of benzene rings is 1. The van der Waals surface area contributed by atoms with Crippen molar-refractivity contribution in [1.82, 2.24) is 0 Å². The molecule has 94 valence electrons. The standard InChI is InChI=1S/C14H21NO2/c1-11-3-4-14(16-2)13(9-11)15-10-12-5-7-17-8-6-12/h3-4,9,12,15H,5-8,10H2,1-2H3. The van der Waals surface area contributed by atoms with Gasteiger partial charge < -0.3 is 14.8 Å². The molecule has 1 aromatic carbocycles. The van der Waals surface area contributed by atoms with Crippen molar-refractivity contribution in [2.24, 2.45) is 5.92 Å². The second-order valence-electron chi connectivity index (χ2n) is 4.64. The van der Waals surface area contributed by atoms with Crippen molar-refractivity contribution in [3.05, 3.63) is 23.8 Å². The van der Waals surface area contributed by atoms with E-state index in [0.717, 1.165) is 44.0 Å². The molecule has 0 bridgehead atoms. The van der Waals surface area contributed by atoms with Gasteiger partial charge in [-0.25, -0.2) is 0 Å². The van der Waals surface area contributed by atoms with Gasteiger partial charge in [0.1, 0.15) is 5.75 Å². The maximum Gasteiger partial charge on any atom is 0.141 e. The van der Waals surface area contributed by atoms with Gasteiger partial charge in [0, 0.05) is 19.8 Å². The number of nitrogens with one attached hydrogen (secondary N) is 1. The monoisotopic (exact) mass is 235 g/mol. The molecular formula is C14H21NO2. The van der Waals surface area contributed by atoms with E-state index in [0.29, 0.717) is 5.92 Å². The molecular weight excluding hydrogens is 214 g/mol. The number of ether oxygens (including phenoxy) is 2. The molecule has 0 amide bonds. The first kappa shape index (κ1) is 12.2. The first-order chi connectivity index (χ1) is 8.29. The number of methoxy groups -OCH3 is 1. The van der Waals surface area contributed by atoms with Crippen molar-refractivity contribution in [2.45, 2.75) is 19.8 Å². The maximum absolute atomic E-state index is 5.36. The second kappa shape index (κ2) is 5.92. The van der Waals surface area contributed by atoms with Gasteiger partial charge in [-0.1, -0.05) is 6.07 Å². The number of anilines is 1. The summed E-state index contributed by atoms with van der Waals surface area (Å²) in [6.45, 7) is 4.90. The van der Waals surface area contributed by atoms with Crippen molar-refractivity contribution in [2.75, 3.05) is 32.2 Å². The highest BCUT2D eigenvalue weighted by Crippen LogP contribution is 2.26. The molecule has 1 N–H and O–H groups in total. The van der Waals surface area contributed by atoms with Crippen LogP contribution in [0.3, 0.4) is 0 Å². The topological polar surface area (TPSA) is 30.5 Å². The molecule has 1 aliphatic rings. The van der Waals surface area contributed by atoms with Gasteiger partial charge in [0.15, 0.2) is 0 Å². The van der Waals surface area contributed by atoms with Gasteiger partial charge in [-0.3, -0.25) is 0 Å². The van der Waals surface area contributed by atoms with Crippen LogP contribution in [0.25, 0.3) is 0 Å². The molecule has 3 nitrogen and oxygen atoms in total. The summed E-state index contributed by atoms with van der Waals surface area (Å²) in [6.07, 6.45) is 2.31. The minimum atomic E-state index is 0.717. The molecule has 0 unspecified atom stereocenters. The Morgan fingerprint density at radius 1 is 1.35 bits per heavy atom. The zero-order chi connectivity index (χ0) is 12.1. The van der Waals surface area contributed by atoms with Crippen LogP contribution < -0.4 is 10.1 Å². The molecule has 3 heteroatoms. The summed E-state index contributed by atoms with van der Waals surface area (Å²) in [5.74, 6) is 1.64. The van der Waals surface area contributed by atoms with Crippen LogP contribution in [-0.2, 0) is 4.74 Å². The van der Waals surface area contributed by atoms with E-state index in [2.05, 4.69) is 24.4 Å². The Bertz CT molecular complexity index is 359. The third-order valence-corrected chi connectivity index (χ3v) is 3.28. The summed E-state index contributed by atoms with van der Waals surface area (Å²) < 4.78 is 10.7. The molecule has 0 saturated carbocycles. The smallest absolute Gasteiger partial charge is 0.141 e. The summed E-state index contributed by atoms with van der Waals surface area (Å²) in [5, 5.41) is 3.49. The first-order valence-corrected chi connectivity index (χ1v) is 6.26. The van der Waals surface area contributed by atoms with E-state index in [1.54, 1.807) is 7.11 Å². The summed E-state index contributed by atoms with van der Waals surface area (Å²) in [6, 6.07) is 6.22. The van der Waals surface area contributed by atoms with E-state index in [1.165, 1.54) is 5.56 Å². The number of hydrogen-bond acceptors (Lipinski definition) is 3. The van der Waals surface area contributed by atoms with Crippen molar-refractivity contribution >= 4 is 5.69 Å². The van der Waals surface area contributed by atoms with Crippen molar-refractivity contribution in [3.8, 4) is 5.75 Å². The van der Waals surface area contributed by atoms with Crippen LogP contribution in [0, 0.1) is 12.8 Å². The average molecular weight is 235 g/mol. The summed E-state index contributed by atoms with van der Waals surface area (Å²) in [5.41, 5.74) is 2.35. The highest BCUT2D eigenvalue weighted by atomic mass is 16.5. The van der Waals surface area contributed by atoms with E-state index in [9.17, 15) is 0 Å². The van der Waals surface area contributed by atoms with Crippen LogP contribution in [-0.4, -0.2) is 26.9 Å². The fraction of sp³-hybridized carbons (Fsp3) is 0.571. The molecule has 0 aliphatic carbocycles. The Labute approximate surface area is 103 Å². The molecule has 0 aromatic heterocycles. The lowest BCUT2D eigenvalue weighted by molar-refractivity contribution is 0.0699. The van der Waals surface area contributed by atoms with Crippen LogP contribution in [0.2, 0.25) is 0 Å². The van der Waals surface area contributed by atoms with Gasteiger partial charge in [0.25, 0.3) is 0 Å². The van der Waals surface area contributed by atoms with Crippen LogP contribution in [0.15, 0.2) is 18.2 Å². The largest absolute Gasteiger partial charge is 0.495 e. The summed E-state index contributed by atoms with van der Waals surface area (Å²) in [4.78, 5) is 0. The van der Waals surface area contributed by atoms with Gasteiger partial charge in [0.2, 0.25) is 0 Å². The molecule has 1 aromatic rings. The van der Waals surface area contributed by atoms with E-state index in [-0.39, 0.29) is 0 Å². The molecule has 1 fully saturated rings. The quantitative estimate of drug-likeness (QED) is 0.870. The number of aryl methyl sites for hydroxylation is 1. The first-order valence-electron chi connectivity index (χ1n) is 6.26. The predicted molar refractivity (Wildman–Crippen MR) is 69.8 cm³/mol. The van der Waals surface area contributed by atoms with Crippen LogP contribution in [0.4, 0.5) is 5.69 Å². The van der Waals surface area contributed by atoms with Crippen LogP contribution >= 0.6 is 0 Å². The Kier molecular flexibility index (Phi) is 4.26. The van der Waals surface area contributed by atoms with Crippen molar-refractivity contribution in [3.63, 3.8) is 0 Å². The zero-order valence-electron chi connectivity index (χ0n) is 10.7. The maximum atomic E-state index is 5.36. The van der Waals surface area contributed by atoms with Gasteiger partial charge in [-0.05, 0) is 43.4 Å². The van der Waals surface area contributed by atoms with Crippen LogP contribution in [0.1, 0.15) is 18.4 Å². The minimum absolute atomic E-state index is 0.717. The van der Waals surface area contributed by atoms with Gasteiger partial charge >= 0.3 is 0 Å². The highest BCUT2D eigenvalue weighted by Gasteiger charge is 2.14. The summed E-state index contributed by atoms with van der Waals surface area (Å²) in [7, 11) is 1.71. The Balaban J connectivity index is 1.95. The van der Waals surface area contributed by atoms with Crippen molar-refractivity contribution in [1.29, 1.82) is 0 Å². The third-order valence-electron chi connectivity index (χ3n) is 3.28. The van der Waals surface area contributed by atoms with Crippen molar-refractivity contribution < 1.29 is 9.47 Å². The fourth-order valence-corrected chi connectivity index (χ4v) is 2.16. The van der Waals surface area contributed by atoms with E-state index < -0.39 is 0 Å². The highest BCUT2D eigenvalue weighted by molar-refractivity contribution is 5.57. The van der Waals surface area contributed by atoms with Gasteiger partial charge in [-0.2, -0.15) is 0 Å². The SMILES string of the molecule is COc1ccc(C)cc1NCC1CCOCC1. The summed E-state index contributed by atoms with van der Waals surface area (Å²) >= 11 is 0. The van der Waals surface area contributed by atoms with Gasteiger partial charge in [-0.15, -0.1) is 0 Å². The fourth-order valence-electron chi connectivity index (χ4n) is 2.16. The Morgan fingerprint density at radius 3 is 2.82 bits per heavy atom. The molecule has 0 radical (unpaired) electrons. The minimum Gasteiger partial charge on any atom is -0.495 e. The lowest BCUT2D eigenvalue weighted by Gasteiger charge is -2.23. The molecule has 0 atom stereocenters. The average Bonchev–Trinajstić information content (AvgIpc) is 2.38. The van der Waals surface area contributed by atoms with Crippen LogP contribution in [0.5, 0.6) is 5.75 Å². The van der Waals surface area contributed by atoms with E-state index in [4.69, 9.17) is 9.47 Å². The van der Waals surface area contributed by atoms with E-state index >= 15 is 0 Å². The lowest BCUT2D eigenvalue weighted by atomic mass is 10.0. The molecule has 0 spiro atoms. The van der Waals surface area contributed by atoms with E-state index in [1.807, 2.05) is 6.07 Å². The normalized spacial score (nSPS) is 16.8. The predicted octanol–water partition coefficient (Wildman–Crippen LogP) is 2.84. The Morgan fingerprint density at radius 2 is 2.12 bits per heavy atom. The number of rotatable bonds is 4. The number of hydrogen-bond donors (Lipinski definition) is 1. The third kappa shape index (κ3) is 3.37. The molecule has 17 heavy (non-hydrogen) atoms. The molecule has 1 heterocycles. The Hall–Kier alpha value is -1.22. The lowest BCUT2D eigenvalue weighted by Crippen LogP contribution is -2.22. The zero-order valence-corrected chi connectivity index (χ0v) is 10.7. The molecule has 2 rings (SSSR count). The second-order valence-corrected chi connectivity index (χ2v) is 4.64. The van der Waals surface area contributed by atoms with Gasteiger partial charge in [0.05, 0.1) is 12.8 Å². The molecule has 1 saturated heterocycles. The molecule has 1 aliphatic heterocycles.